The van der Waals surface area contributed by atoms with Crippen molar-refractivity contribution in [2.24, 2.45) is 0 Å². The van der Waals surface area contributed by atoms with Crippen LogP contribution in [0.25, 0.3) is 11.5 Å². The highest BCUT2D eigenvalue weighted by Crippen LogP contribution is 2.22. The zero-order valence-electron chi connectivity index (χ0n) is 12.6. The second-order valence-corrected chi connectivity index (χ2v) is 5.89. The minimum Gasteiger partial charge on any atom is -0.419 e. The number of hydrogen-bond acceptors (Lipinski definition) is 4. The number of aromatic nitrogens is 2. The predicted molar refractivity (Wildman–Crippen MR) is 82.8 cm³/mol. The lowest BCUT2D eigenvalue weighted by molar-refractivity contribution is 0.411. The summed E-state index contributed by atoms with van der Waals surface area (Å²) >= 11 is 0. The van der Waals surface area contributed by atoms with Gasteiger partial charge in [-0.1, -0.05) is 43.9 Å². The van der Waals surface area contributed by atoms with Gasteiger partial charge in [0.2, 0.25) is 11.8 Å². The van der Waals surface area contributed by atoms with Gasteiger partial charge in [-0.3, -0.25) is 0 Å². The molecule has 1 N–H and O–H groups in total. The van der Waals surface area contributed by atoms with Gasteiger partial charge < -0.3 is 9.73 Å². The molecule has 1 aliphatic rings. The Morgan fingerprint density at radius 3 is 2.62 bits per heavy atom. The number of nitrogens with zero attached hydrogens (tertiary/aromatic N) is 2. The van der Waals surface area contributed by atoms with E-state index in [4.69, 9.17) is 4.42 Å². The lowest BCUT2D eigenvalue weighted by Gasteiger charge is -2.14. The molecule has 0 atom stereocenters. The highest BCUT2D eigenvalue weighted by atomic mass is 16.4. The number of nitrogens with one attached hydrogen (secondary N) is 1. The van der Waals surface area contributed by atoms with Crippen molar-refractivity contribution in [3.8, 4) is 11.5 Å². The fourth-order valence-electron chi connectivity index (χ4n) is 2.96. The van der Waals surface area contributed by atoms with Crippen LogP contribution in [0.1, 0.15) is 50.0 Å². The third-order valence-electron chi connectivity index (χ3n) is 4.24. The van der Waals surface area contributed by atoms with Crippen LogP contribution in [0.3, 0.4) is 0 Å². The molecule has 0 bridgehead atoms. The molecule has 0 amide bonds. The van der Waals surface area contributed by atoms with Crippen LogP contribution in [0.4, 0.5) is 0 Å². The van der Waals surface area contributed by atoms with E-state index in [0.29, 0.717) is 24.4 Å². The molecule has 0 aliphatic heterocycles. The Morgan fingerprint density at radius 1 is 1.10 bits per heavy atom. The Morgan fingerprint density at radius 2 is 1.86 bits per heavy atom. The summed E-state index contributed by atoms with van der Waals surface area (Å²) in [4.78, 5) is 0. The van der Waals surface area contributed by atoms with Crippen molar-refractivity contribution in [1.82, 2.24) is 15.5 Å². The topological polar surface area (TPSA) is 51.0 Å². The quantitative estimate of drug-likeness (QED) is 0.867. The van der Waals surface area contributed by atoms with Crippen molar-refractivity contribution in [1.29, 1.82) is 0 Å². The molecule has 0 radical (unpaired) electrons. The standard InChI is InChI=1S/C17H23N3O/c1-13-8-6-7-11-15(13)17-20-19-16(21-17)12-18-14-9-4-2-3-5-10-14/h6-8,11,14,18H,2-5,9-10,12H2,1H3. The molecule has 1 saturated carbocycles. The molecular formula is C17H23N3O. The maximum atomic E-state index is 5.79. The predicted octanol–water partition coefficient (Wildman–Crippen LogP) is 3.86. The van der Waals surface area contributed by atoms with Gasteiger partial charge in [0, 0.05) is 11.6 Å². The first-order valence-electron chi connectivity index (χ1n) is 7.95. The molecule has 3 rings (SSSR count). The number of rotatable bonds is 4. The molecule has 0 unspecified atom stereocenters. The Balaban J connectivity index is 1.61. The van der Waals surface area contributed by atoms with Crippen LogP contribution in [0, 0.1) is 6.92 Å². The summed E-state index contributed by atoms with van der Waals surface area (Å²) in [5, 5.41) is 11.9. The smallest absolute Gasteiger partial charge is 0.248 e. The monoisotopic (exact) mass is 285 g/mol. The van der Waals surface area contributed by atoms with Gasteiger partial charge in [-0.2, -0.15) is 0 Å². The number of benzene rings is 1. The Kier molecular flexibility index (Phi) is 4.65. The SMILES string of the molecule is Cc1ccccc1-c1nnc(CNC2CCCCCC2)o1. The summed E-state index contributed by atoms with van der Waals surface area (Å²) in [6, 6.07) is 8.69. The van der Waals surface area contributed by atoms with E-state index >= 15 is 0 Å². The van der Waals surface area contributed by atoms with Gasteiger partial charge >= 0.3 is 0 Å². The molecule has 112 valence electrons. The molecule has 4 nitrogen and oxygen atoms in total. The minimum atomic E-state index is 0.598. The van der Waals surface area contributed by atoms with E-state index in [-0.39, 0.29) is 0 Å². The summed E-state index contributed by atoms with van der Waals surface area (Å²) in [6.45, 7) is 2.73. The first-order chi connectivity index (χ1) is 10.3. The number of hydrogen-bond donors (Lipinski definition) is 1. The molecule has 4 heteroatoms. The van der Waals surface area contributed by atoms with Crippen molar-refractivity contribution in [3.63, 3.8) is 0 Å². The van der Waals surface area contributed by atoms with E-state index in [0.717, 1.165) is 11.1 Å². The van der Waals surface area contributed by atoms with Crippen molar-refractivity contribution in [2.75, 3.05) is 0 Å². The van der Waals surface area contributed by atoms with Gasteiger partial charge in [-0.25, -0.2) is 0 Å². The van der Waals surface area contributed by atoms with Crippen LogP contribution in [0.15, 0.2) is 28.7 Å². The lowest BCUT2D eigenvalue weighted by atomic mass is 10.1. The van der Waals surface area contributed by atoms with Crippen LogP contribution in [0.2, 0.25) is 0 Å². The molecule has 2 aromatic rings. The maximum Gasteiger partial charge on any atom is 0.248 e. The summed E-state index contributed by atoms with van der Waals surface area (Å²) in [6.07, 6.45) is 7.93. The highest BCUT2D eigenvalue weighted by molar-refractivity contribution is 5.57. The summed E-state index contributed by atoms with van der Waals surface area (Å²) in [7, 11) is 0. The van der Waals surface area contributed by atoms with E-state index in [9.17, 15) is 0 Å². The van der Waals surface area contributed by atoms with Crippen molar-refractivity contribution in [3.05, 3.63) is 35.7 Å². The van der Waals surface area contributed by atoms with Gasteiger partial charge in [0.1, 0.15) is 0 Å². The lowest BCUT2D eigenvalue weighted by Crippen LogP contribution is -2.27. The van der Waals surface area contributed by atoms with Gasteiger partial charge in [-0.15, -0.1) is 10.2 Å². The molecule has 0 saturated heterocycles. The van der Waals surface area contributed by atoms with E-state index in [1.807, 2.05) is 18.2 Å². The van der Waals surface area contributed by atoms with Crippen molar-refractivity contribution in [2.45, 2.75) is 58.0 Å². The van der Waals surface area contributed by atoms with Crippen LogP contribution < -0.4 is 5.32 Å². The van der Waals surface area contributed by atoms with Crippen molar-refractivity contribution < 1.29 is 4.42 Å². The second kappa shape index (κ2) is 6.85. The molecule has 1 aliphatic carbocycles. The summed E-state index contributed by atoms with van der Waals surface area (Å²) < 4.78 is 5.79. The largest absolute Gasteiger partial charge is 0.419 e. The highest BCUT2D eigenvalue weighted by Gasteiger charge is 2.14. The van der Waals surface area contributed by atoms with Crippen LogP contribution in [0.5, 0.6) is 0 Å². The molecule has 1 aromatic heterocycles. The zero-order chi connectivity index (χ0) is 14.5. The molecular weight excluding hydrogens is 262 g/mol. The van der Waals surface area contributed by atoms with Crippen LogP contribution in [-0.4, -0.2) is 16.2 Å². The van der Waals surface area contributed by atoms with E-state index in [1.54, 1.807) is 0 Å². The average molecular weight is 285 g/mol. The molecule has 21 heavy (non-hydrogen) atoms. The average Bonchev–Trinajstić information content (AvgIpc) is 2.81. The van der Waals surface area contributed by atoms with Crippen molar-refractivity contribution >= 4 is 0 Å². The third kappa shape index (κ3) is 3.70. The third-order valence-corrected chi connectivity index (χ3v) is 4.24. The molecule has 1 fully saturated rings. The van der Waals surface area contributed by atoms with Gasteiger partial charge in [0.05, 0.1) is 6.54 Å². The van der Waals surface area contributed by atoms with Gasteiger partial charge in [-0.05, 0) is 31.4 Å². The van der Waals surface area contributed by atoms with Crippen LogP contribution in [-0.2, 0) is 6.54 Å². The second-order valence-electron chi connectivity index (χ2n) is 5.89. The van der Waals surface area contributed by atoms with E-state index in [2.05, 4.69) is 28.5 Å². The first kappa shape index (κ1) is 14.3. The summed E-state index contributed by atoms with van der Waals surface area (Å²) in [5.41, 5.74) is 2.18. The maximum absolute atomic E-state index is 5.79. The van der Waals surface area contributed by atoms with E-state index in [1.165, 1.54) is 38.5 Å². The Labute approximate surface area is 126 Å². The normalized spacial score (nSPS) is 16.8. The zero-order valence-corrected chi connectivity index (χ0v) is 12.6. The molecule has 1 heterocycles. The van der Waals surface area contributed by atoms with Crippen LogP contribution >= 0.6 is 0 Å². The molecule has 0 spiro atoms. The van der Waals surface area contributed by atoms with E-state index < -0.39 is 0 Å². The fraction of sp³-hybridized carbons (Fsp3) is 0.529. The summed E-state index contributed by atoms with van der Waals surface area (Å²) in [5.74, 6) is 1.29. The van der Waals surface area contributed by atoms with Gasteiger partial charge in [0.15, 0.2) is 0 Å². The first-order valence-corrected chi connectivity index (χ1v) is 7.95. The molecule has 1 aromatic carbocycles. The fourth-order valence-corrected chi connectivity index (χ4v) is 2.96. The van der Waals surface area contributed by atoms with Gasteiger partial charge in [0.25, 0.3) is 0 Å². The minimum absolute atomic E-state index is 0.598. The Hall–Kier alpha value is -1.68. The number of aryl methyl sites for hydroxylation is 1. The Bertz CT molecular complexity index is 571.